The van der Waals surface area contributed by atoms with E-state index < -0.39 is 27.8 Å². The van der Waals surface area contributed by atoms with Crippen molar-refractivity contribution in [3.8, 4) is 0 Å². The minimum absolute atomic E-state index is 0.0241. The van der Waals surface area contributed by atoms with Gasteiger partial charge in [-0.2, -0.15) is 0 Å². The maximum absolute atomic E-state index is 12.2. The fourth-order valence-corrected chi connectivity index (χ4v) is 3.98. The molecule has 1 saturated heterocycles. The minimum atomic E-state index is -3.58. The molecule has 0 bridgehead atoms. The van der Waals surface area contributed by atoms with Crippen molar-refractivity contribution in [2.45, 2.75) is 24.7 Å². The topological polar surface area (TPSA) is 122 Å². The molecule has 0 radical (unpaired) electrons. The number of benzene rings is 1. The molecule has 2 rings (SSSR count). The van der Waals surface area contributed by atoms with Crippen molar-refractivity contribution in [2.24, 2.45) is 11.8 Å². The van der Waals surface area contributed by atoms with Crippen LogP contribution >= 0.6 is 0 Å². The lowest BCUT2D eigenvalue weighted by molar-refractivity contribution is -0.144. The highest BCUT2D eigenvalue weighted by atomic mass is 32.2. The Morgan fingerprint density at radius 3 is 2.38 bits per heavy atom. The predicted octanol–water partition coefficient (Wildman–Crippen LogP) is 0.842. The first-order valence-electron chi connectivity index (χ1n) is 8.53. The molecule has 1 fully saturated rings. The average molecular weight is 384 g/mol. The molecule has 0 saturated carbocycles. The fraction of sp³-hybridized carbons (Fsp3) is 0.529. The summed E-state index contributed by atoms with van der Waals surface area (Å²) in [5, 5.41) is 12.1. The number of nitrogens with one attached hydrogen (secondary N) is 2. The zero-order chi connectivity index (χ0) is 19.2. The molecule has 1 aromatic carbocycles. The van der Waals surface area contributed by atoms with Gasteiger partial charge in [0.1, 0.15) is 0 Å². The molecular formula is C17H24N2O6S. The number of carboxylic acid groups (broad SMARTS) is 1. The van der Waals surface area contributed by atoms with Gasteiger partial charge in [-0.1, -0.05) is 6.92 Å². The van der Waals surface area contributed by atoms with Crippen molar-refractivity contribution >= 4 is 21.9 Å². The molecule has 1 aliphatic rings. The Bertz CT molecular complexity index is 726. The molecule has 1 aliphatic heterocycles. The third kappa shape index (κ3) is 5.26. The Morgan fingerprint density at radius 2 is 1.85 bits per heavy atom. The summed E-state index contributed by atoms with van der Waals surface area (Å²) < 4.78 is 31.4. The third-order valence-corrected chi connectivity index (χ3v) is 5.96. The van der Waals surface area contributed by atoms with Gasteiger partial charge in [-0.05, 0) is 43.0 Å². The van der Waals surface area contributed by atoms with Crippen LogP contribution in [0.1, 0.15) is 30.1 Å². The maximum atomic E-state index is 12.2. The second-order valence-electron chi connectivity index (χ2n) is 6.13. The van der Waals surface area contributed by atoms with Gasteiger partial charge < -0.3 is 15.2 Å². The zero-order valence-corrected chi connectivity index (χ0v) is 15.4. The highest BCUT2D eigenvalue weighted by molar-refractivity contribution is 7.89. The Balaban J connectivity index is 1.99. The number of sulfonamides is 1. The van der Waals surface area contributed by atoms with Gasteiger partial charge >= 0.3 is 5.97 Å². The Labute approximate surface area is 153 Å². The molecule has 9 heteroatoms. The highest BCUT2D eigenvalue weighted by Gasteiger charge is 2.30. The van der Waals surface area contributed by atoms with Crippen molar-refractivity contribution in [1.82, 2.24) is 10.0 Å². The van der Waals surface area contributed by atoms with Crippen LogP contribution in [0.15, 0.2) is 29.2 Å². The second-order valence-corrected chi connectivity index (χ2v) is 7.90. The number of aliphatic carboxylic acids is 1. The van der Waals surface area contributed by atoms with Crippen LogP contribution in [0.4, 0.5) is 0 Å². The summed E-state index contributed by atoms with van der Waals surface area (Å²) in [7, 11) is -3.58. The van der Waals surface area contributed by atoms with Crippen molar-refractivity contribution in [3.63, 3.8) is 0 Å². The standard InChI is InChI=1S/C17H24N2O6S/c1-2-19-26(23,24)14-5-3-13(4-6-14)16(20)18-11-15(17(21)22)12-7-9-25-10-8-12/h3-6,12,15,19H,2,7-11H2,1H3,(H,18,20)(H,21,22). The van der Waals surface area contributed by atoms with E-state index in [0.29, 0.717) is 26.1 Å². The number of carbonyl (C=O) groups is 2. The van der Waals surface area contributed by atoms with E-state index in [1.165, 1.54) is 24.3 Å². The highest BCUT2D eigenvalue weighted by Crippen LogP contribution is 2.24. The van der Waals surface area contributed by atoms with Crippen LogP contribution in [0.2, 0.25) is 0 Å². The van der Waals surface area contributed by atoms with E-state index in [4.69, 9.17) is 4.74 Å². The van der Waals surface area contributed by atoms with E-state index in [2.05, 4.69) is 10.0 Å². The molecule has 8 nitrogen and oxygen atoms in total. The van der Waals surface area contributed by atoms with Crippen LogP contribution in [0.5, 0.6) is 0 Å². The van der Waals surface area contributed by atoms with Crippen molar-refractivity contribution in [1.29, 1.82) is 0 Å². The number of ether oxygens (including phenoxy) is 1. The molecule has 26 heavy (non-hydrogen) atoms. The Kier molecular flexibility index (Phi) is 7.13. The van der Waals surface area contributed by atoms with Crippen LogP contribution < -0.4 is 10.0 Å². The van der Waals surface area contributed by atoms with Gasteiger partial charge in [-0.3, -0.25) is 9.59 Å². The van der Waals surface area contributed by atoms with Gasteiger partial charge in [0.05, 0.1) is 10.8 Å². The number of carboxylic acids is 1. The second kappa shape index (κ2) is 9.11. The van der Waals surface area contributed by atoms with Crippen molar-refractivity contribution in [2.75, 3.05) is 26.3 Å². The fourth-order valence-electron chi connectivity index (χ4n) is 2.94. The van der Waals surface area contributed by atoms with Gasteiger partial charge in [0.15, 0.2) is 0 Å². The average Bonchev–Trinajstić information content (AvgIpc) is 2.62. The molecule has 144 valence electrons. The smallest absolute Gasteiger partial charge is 0.308 e. The lowest BCUT2D eigenvalue weighted by atomic mass is 9.86. The Morgan fingerprint density at radius 1 is 1.23 bits per heavy atom. The number of amides is 1. The predicted molar refractivity (Wildman–Crippen MR) is 94.3 cm³/mol. The summed E-state index contributed by atoms with van der Waals surface area (Å²) in [4.78, 5) is 23.8. The van der Waals surface area contributed by atoms with E-state index in [0.717, 1.165) is 0 Å². The van der Waals surface area contributed by atoms with Crippen LogP contribution in [0.25, 0.3) is 0 Å². The van der Waals surface area contributed by atoms with Crippen LogP contribution in [-0.4, -0.2) is 51.7 Å². The largest absolute Gasteiger partial charge is 0.481 e. The van der Waals surface area contributed by atoms with Gasteiger partial charge in [0.2, 0.25) is 10.0 Å². The first kappa shape index (κ1) is 20.3. The van der Waals surface area contributed by atoms with E-state index in [-0.39, 0.29) is 29.5 Å². The molecule has 1 heterocycles. The molecule has 0 aromatic heterocycles. The van der Waals surface area contributed by atoms with Crippen LogP contribution in [-0.2, 0) is 19.6 Å². The van der Waals surface area contributed by atoms with Gasteiger partial charge in [-0.25, -0.2) is 13.1 Å². The van der Waals surface area contributed by atoms with Crippen molar-refractivity contribution < 1.29 is 27.9 Å². The molecule has 1 atom stereocenters. The number of hydrogen-bond donors (Lipinski definition) is 3. The van der Waals surface area contributed by atoms with E-state index in [9.17, 15) is 23.1 Å². The monoisotopic (exact) mass is 384 g/mol. The Hall–Kier alpha value is -1.97. The summed E-state index contributed by atoms with van der Waals surface area (Å²) in [6.07, 6.45) is 1.31. The maximum Gasteiger partial charge on any atom is 0.308 e. The normalized spacial score (nSPS) is 16.8. The zero-order valence-electron chi connectivity index (χ0n) is 14.6. The molecule has 0 aliphatic carbocycles. The summed E-state index contributed by atoms with van der Waals surface area (Å²) in [6, 6.07) is 5.51. The summed E-state index contributed by atoms with van der Waals surface area (Å²) in [5.41, 5.74) is 0.275. The first-order valence-corrected chi connectivity index (χ1v) is 10.0. The summed E-state index contributed by atoms with van der Waals surface area (Å²) in [6.45, 7) is 3.04. The van der Waals surface area contributed by atoms with Crippen LogP contribution in [0.3, 0.4) is 0 Å². The van der Waals surface area contributed by atoms with Crippen molar-refractivity contribution in [3.05, 3.63) is 29.8 Å². The van der Waals surface area contributed by atoms with Gasteiger partial charge in [0, 0.05) is 31.9 Å². The number of carbonyl (C=O) groups excluding carboxylic acids is 1. The molecule has 1 aromatic rings. The van der Waals surface area contributed by atoms with Gasteiger partial charge in [-0.15, -0.1) is 0 Å². The minimum Gasteiger partial charge on any atom is -0.481 e. The number of rotatable bonds is 8. The summed E-state index contributed by atoms with van der Waals surface area (Å²) in [5.74, 6) is -2.08. The van der Waals surface area contributed by atoms with Crippen LogP contribution in [0, 0.1) is 11.8 Å². The quantitative estimate of drug-likeness (QED) is 0.611. The third-order valence-electron chi connectivity index (χ3n) is 4.40. The van der Waals surface area contributed by atoms with Gasteiger partial charge in [0.25, 0.3) is 5.91 Å². The SMILES string of the molecule is CCNS(=O)(=O)c1ccc(C(=O)NCC(C(=O)O)C2CCOCC2)cc1. The summed E-state index contributed by atoms with van der Waals surface area (Å²) >= 11 is 0. The van der Waals surface area contributed by atoms with E-state index in [1.54, 1.807) is 6.92 Å². The van der Waals surface area contributed by atoms with E-state index in [1.807, 2.05) is 0 Å². The molecule has 0 spiro atoms. The first-order chi connectivity index (χ1) is 12.3. The molecule has 3 N–H and O–H groups in total. The van der Waals surface area contributed by atoms with E-state index >= 15 is 0 Å². The molecule has 1 amide bonds. The number of hydrogen-bond acceptors (Lipinski definition) is 5. The lowest BCUT2D eigenvalue weighted by Crippen LogP contribution is -2.39. The molecule has 1 unspecified atom stereocenters. The molecular weight excluding hydrogens is 360 g/mol. The lowest BCUT2D eigenvalue weighted by Gasteiger charge is -2.27.